The number of ether oxygens (including phenoxy) is 2. The minimum atomic E-state index is -0.905. The molecule has 244 valence electrons. The maximum absolute atomic E-state index is 12.5. The number of hydrogen-bond acceptors (Lipinski definition) is 5. The van der Waals surface area contributed by atoms with E-state index in [-0.39, 0.29) is 35.2 Å². The van der Waals surface area contributed by atoms with Crippen LogP contribution in [0.4, 0.5) is 0 Å². The summed E-state index contributed by atoms with van der Waals surface area (Å²) in [4.78, 5) is 23.9. The molecule has 4 aliphatic rings. The molecular weight excluding hydrogens is 564 g/mol. The molecule has 6 nitrogen and oxygen atoms in total. The second-order valence-corrected chi connectivity index (χ2v) is 15.6. The zero-order chi connectivity index (χ0) is 32.1. The van der Waals surface area contributed by atoms with E-state index < -0.39 is 11.6 Å². The first-order valence-electron chi connectivity index (χ1n) is 17.2. The van der Waals surface area contributed by atoms with Crippen molar-refractivity contribution in [1.29, 1.82) is 0 Å². The third kappa shape index (κ3) is 5.70. The van der Waals surface area contributed by atoms with Gasteiger partial charge in [-0.25, -0.2) is 0 Å². The summed E-state index contributed by atoms with van der Waals surface area (Å²) in [6, 6.07) is 16.4. The Morgan fingerprint density at radius 3 is 2.18 bits per heavy atom. The third-order valence-electron chi connectivity index (χ3n) is 13.5. The van der Waals surface area contributed by atoms with Gasteiger partial charge in [0.15, 0.2) is 0 Å². The van der Waals surface area contributed by atoms with Crippen LogP contribution in [0.2, 0.25) is 0 Å². The van der Waals surface area contributed by atoms with Crippen LogP contribution in [-0.4, -0.2) is 35.4 Å². The van der Waals surface area contributed by atoms with Gasteiger partial charge >= 0.3 is 11.9 Å². The monoisotopic (exact) mass is 616 g/mol. The van der Waals surface area contributed by atoms with Crippen LogP contribution in [0.3, 0.4) is 0 Å². The largest absolute Gasteiger partial charge is 0.497 e. The highest BCUT2D eigenvalue weighted by atomic mass is 16.5. The Morgan fingerprint density at radius 2 is 1.56 bits per heavy atom. The lowest BCUT2D eigenvalue weighted by molar-refractivity contribution is -0.204. The number of methoxy groups -OCH3 is 1. The van der Waals surface area contributed by atoms with E-state index in [1.807, 2.05) is 12.1 Å². The van der Waals surface area contributed by atoms with Gasteiger partial charge in [0.1, 0.15) is 11.9 Å². The molecule has 0 amide bonds. The Hall–Kier alpha value is -2.86. The molecule has 4 saturated carbocycles. The maximum atomic E-state index is 12.5. The number of carboxylic acid groups (broad SMARTS) is 1. The summed E-state index contributed by atoms with van der Waals surface area (Å²) in [6.45, 7) is 8.71. The first-order chi connectivity index (χ1) is 21.4. The predicted octanol–water partition coefficient (Wildman–Crippen LogP) is 8.25. The molecule has 2 N–H and O–H groups in total. The van der Waals surface area contributed by atoms with Gasteiger partial charge < -0.3 is 19.7 Å². The molecule has 2 aromatic rings. The fourth-order valence-corrected chi connectivity index (χ4v) is 11.1. The minimum absolute atomic E-state index is 0.0882. The number of carbonyl (C=O) groups is 2. The van der Waals surface area contributed by atoms with E-state index in [1.165, 1.54) is 6.92 Å². The quantitative estimate of drug-likeness (QED) is 0.290. The van der Waals surface area contributed by atoms with Crippen LogP contribution in [0.1, 0.15) is 97.5 Å². The summed E-state index contributed by atoms with van der Waals surface area (Å²) in [5.41, 5.74) is 2.52. The maximum Gasteiger partial charge on any atom is 0.303 e. The summed E-state index contributed by atoms with van der Waals surface area (Å²) < 4.78 is 11.5. The zero-order valence-electron chi connectivity index (χ0n) is 27.8. The highest BCUT2D eigenvalue weighted by Crippen LogP contribution is 2.69. The summed E-state index contributed by atoms with van der Waals surface area (Å²) in [5, 5.41) is 21.5. The van der Waals surface area contributed by atoms with Crippen molar-refractivity contribution in [1.82, 2.24) is 0 Å². The highest BCUT2D eigenvalue weighted by molar-refractivity contribution is 5.67. The van der Waals surface area contributed by atoms with Gasteiger partial charge in [0.25, 0.3) is 0 Å². The Kier molecular flexibility index (Phi) is 8.60. The molecule has 0 aromatic heterocycles. The minimum Gasteiger partial charge on any atom is -0.497 e. The second-order valence-electron chi connectivity index (χ2n) is 15.6. The van der Waals surface area contributed by atoms with Crippen LogP contribution < -0.4 is 4.74 Å². The smallest absolute Gasteiger partial charge is 0.303 e. The Morgan fingerprint density at radius 1 is 0.911 bits per heavy atom. The van der Waals surface area contributed by atoms with Crippen molar-refractivity contribution in [3.63, 3.8) is 0 Å². The molecule has 6 heteroatoms. The number of rotatable bonds is 8. The lowest BCUT2D eigenvalue weighted by Crippen LogP contribution is -2.60. The molecule has 6 rings (SSSR count). The average Bonchev–Trinajstić information content (AvgIpc) is 3.38. The number of hydrogen-bond donors (Lipinski definition) is 2. The van der Waals surface area contributed by atoms with Gasteiger partial charge in [-0.15, -0.1) is 0 Å². The lowest BCUT2D eigenvalue weighted by Gasteiger charge is -2.63. The third-order valence-corrected chi connectivity index (χ3v) is 13.5. The molecule has 0 saturated heterocycles. The predicted molar refractivity (Wildman–Crippen MR) is 175 cm³/mol. The number of fused-ring (bicyclic) bond motifs is 5. The van der Waals surface area contributed by atoms with Crippen LogP contribution >= 0.6 is 0 Å². The first kappa shape index (κ1) is 32.1. The fraction of sp³-hybridized carbons (Fsp3) is 0.641. The Balaban J connectivity index is 1.23. The van der Waals surface area contributed by atoms with E-state index in [0.29, 0.717) is 36.0 Å². The molecule has 45 heavy (non-hydrogen) atoms. The molecule has 0 unspecified atom stereocenters. The SMILES string of the molecule is COc1ccc(-c2ccc([C@]3(O)CC[C@@]4(C)[C@H](C[C@@H](OC(C)=O)[C@@H]5[C@@H]4CC[C@]4(C)[C@@H]([C@H](C)CCC(=O)O)CC[C@@H]54)C3)cc2)cc1. The first-order valence-corrected chi connectivity index (χ1v) is 17.2. The van der Waals surface area contributed by atoms with Crippen LogP contribution in [0.15, 0.2) is 48.5 Å². The summed E-state index contributed by atoms with van der Waals surface area (Å²) in [5.74, 6) is 2.29. The molecule has 4 aliphatic carbocycles. The fourth-order valence-electron chi connectivity index (χ4n) is 11.1. The van der Waals surface area contributed by atoms with E-state index in [2.05, 4.69) is 57.2 Å². The van der Waals surface area contributed by atoms with Crippen LogP contribution in [0.5, 0.6) is 5.75 Å². The van der Waals surface area contributed by atoms with E-state index in [4.69, 9.17) is 9.47 Å². The van der Waals surface area contributed by atoms with E-state index in [0.717, 1.165) is 73.8 Å². The summed E-state index contributed by atoms with van der Waals surface area (Å²) in [6.07, 6.45) is 8.52. The topological polar surface area (TPSA) is 93.1 Å². The number of esters is 1. The van der Waals surface area contributed by atoms with Gasteiger partial charge in [-0.1, -0.05) is 57.2 Å². The van der Waals surface area contributed by atoms with Crippen molar-refractivity contribution in [2.75, 3.05) is 7.11 Å². The normalized spacial score (nSPS) is 37.9. The van der Waals surface area contributed by atoms with E-state index in [1.54, 1.807) is 7.11 Å². The highest BCUT2D eigenvalue weighted by Gasteiger charge is 2.64. The lowest BCUT2D eigenvalue weighted by atomic mass is 9.42. The Labute approximate surface area is 268 Å². The molecule has 0 aliphatic heterocycles. The molecule has 2 aromatic carbocycles. The Bertz CT molecular complexity index is 1390. The van der Waals surface area contributed by atoms with E-state index in [9.17, 15) is 19.8 Å². The second kappa shape index (κ2) is 12.1. The molecule has 4 fully saturated rings. The van der Waals surface area contributed by atoms with Gasteiger partial charge in [-0.2, -0.15) is 0 Å². The molecule has 0 radical (unpaired) electrons. The van der Waals surface area contributed by atoms with Gasteiger partial charge in [0.2, 0.25) is 0 Å². The number of benzene rings is 2. The van der Waals surface area contributed by atoms with E-state index >= 15 is 0 Å². The van der Waals surface area contributed by atoms with Crippen molar-refractivity contribution < 1.29 is 29.3 Å². The van der Waals surface area contributed by atoms with Gasteiger partial charge in [0, 0.05) is 19.3 Å². The van der Waals surface area contributed by atoms with Crippen LogP contribution in [-0.2, 0) is 19.9 Å². The molecular formula is C39H52O6. The summed E-state index contributed by atoms with van der Waals surface area (Å²) in [7, 11) is 1.67. The van der Waals surface area contributed by atoms with Gasteiger partial charge in [-0.05, 0) is 127 Å². The van der Waals surface area contributed by atoms with Gasteiger partial charge in [-0.3, -0.25) is 9.59 Å². The number of carbonyl (C=O) groups excluding carboxylic acids is 1. The molecule has 0 spiro atoms. The van der Waals surface area contributed by atoms with Crippen molar-refractivity contribution >= 4 is 11.9 Å². The van der Waals surface area contributed by atoms with Crippen molar-refractivity contribution in [2.24, 2.45) is 46.3 Å². The van der Waals surface area contributed by atoms with Gasteiger partial charge in [0.05, 0.1) is 12.7 Å². The summed E-state index contributed by atoms with van der Waals surface area (Å²) >= 11 is 0. The van der Waals surface area contributed by atoms with Crippen LogP contribution in [0.25, 0.3) is 11.1 Å². The molecule has 0 bridgehead atoms. The number of aliphatic carboxylic acids is 1. The zero-order valence-corrected chi connectivity index (χ0v) is 27.8. The van der Waals surface area contributed by atoms with Crippen molar-refractivity contribution in [3.05, 3.63) is 54.1 Å². The standard InChI is InChI=1S/C39H52O6/c1-24(6-17-35(41)42)31-15-16-32-36-33(18-19-38(31,32)4)37(3)20-21-39(43,23-29(37)22-34(36)45-25(2)40)28-11-7-26(8-12-28)27-9-13-30(44-5)14-10-27/h7-14,24,29,31-34,36,43H,6,15-23H2,1-5H3,(H,41,42)/t24-,29-,31-,32+,33+,34-,36+,37+,38-,39+/m1/s1. The van der Waals surface area contributed by atoms with Crippen molar-refractivity contribution in [2.45, 2.75) is 104 Å². The molecule has 0 heterocycles. The van der Waals surface area contributed by atoms with Crippen molar-refractivity contribution in [3.8, 4) is 16.9 Å². The number of carboxylic acids is 1. The number of aliphatic hydroxyl groups is 1. The molecule has 10 atom stereocenters. The average molecular weight is 617 g/mol. The van der Waals surface area contributed by atoms with Crippen LogP contribution in [0, 0.1) is 46.3 Å².